The second-order valence-corrected chi connectivity index (χ2v) is 11.1. The second-order valence-electron chi connectivity index (χ2n) is 11.1. The van der Waals surface area contributed by atoms with Gasteiger partial charge in [0, 0.05) is 35.6 Å². The first-order valence-corrected chi connectivity index (χ1v) is 13.3. The van der Waals surface area contributed by atoms with Crippen molar-refractivity contribution in [3.8, 4) is 5.75 Å². The Morgan fingerprint density at radius 1 is 1.11 bits per heavy atom. The molecule has 4 aliphatic carbocycles. The van der Waals surface area contributed by atoms with Crippen LogP contribution in [0.2, 0.25) is 0 Å². The molecule has 1 saturated carbocycles. The molecule has 7 N–H and O–H groups in total. The fourth-order valence-electron chi connectivity index (χ4n) is 6.83. The molecule has 38 heavy (non-hydrogen) atoms. The minimum Gasteiger partial charge on any atom is -0.511 e. The Kier molecular flexibility index (Phi) is 6.81. The SMILES string of the molecule is NC(=O)C1=C(O)C[C@@H]2CC3Cc4c(F)c(CNCC5CCCCCC5)cc(O)c4C(=O)C3=C(O)[C@]2(O)C1=O. The van der Waals surface area contributed by atoms with Crippen LogP contribution in [0.1, 0.15) is 72.9 Å². The predicted octanol–water partition coefficient (Wildman–Crippen LogP) is 2.78. The maximum atomic E-state index is 15.7. The molecule has 4 aliphatic rings. The maximum Gasteiger partial charge on any atom is 0.255 e. The number of hydrogen-bond donors (Lipinski definition) is 6. The number of nitrogens with one attached hydrogen (secondary N) is 1. The summed E-state index contributed by atoms with van der Waals surface area (Å²) in [5.41, 5.74) is 1.37. The summed E-state index contributed by atoms with van der Waals surface area (Å²) in [4.78, 5) is 38.2. The third-order valence-electron chi connectivity index (χ3n) is 8.79. The van der Waals surface area contributed by atoms with Gasteiger partial charge in [-0.3, -0.25) is 14.4 Å². The summed E-state index contributed by atoms with van der Waals surface area (Å²) < 4.78 is 15.7. The first-order chi connectivity index (χ1) is 18.1. The van der Waals surface area contributed by atoms with Crippen LogP contribution in [-0.2, 0) is 22.6 Å². The van der Waals surface area contributed by atoms with E-state index >= 15 is 4.39 Å². The average molecular weight is 529 g/mol. The van der Waals surface area contributed by atoms with Crippen molar-refractivity contribution in [3.05, 3.63) is 51.2 Å². The number of phenols is 1. The van der Waals surface area contributed by atoms with Gasteiger partial charge in [0.1, 0.15) is 28.7 Å². The smallest absolute Gasteiger partial charge is 0.255 e. The van der Waals surface area contributed by atoms with E-state index in [4.69, 9.17) is 5.73 Å². The van der Waals surface area contributed by atoms with E-state index in [0.717, 1.165) is 19.4 Å². The molecule has 0 radical (unpaired) electrons. The first kappa shape index (κ1) is 26.4. The molecule has 1 fully saturated rings. The standard InChI is InChI=1S/C28H33FN2O7/c29-23-15(12-31-11-13-5-3-1-2-4-6-13)9-18(32)21-17(23)8-14-7-16-10-19(33)22(27(30)37)26(36)28(16,38)25(35)20(14)24(21)34/h9,13-14,16,31-33,35,38H,1-8,10-12H2,(H2,30,37)/t14?,16-,28-/m0/s1. The second kappa shape index (κ2) is 9.81. The van der Waals surface area contributed by atoms with E-state index in [1.807, 2.05) is 0 Å². The number of aromatic hydroxyl groups is 1. The Balaban J connectivity index is 1.45. The summed E-state index contributed by atoms with van der Waals surface area (Å²) in [5, 5.41) is 46.6. The minimum atomic E-state index is -2.63. The quantitative estimate of drug-likeness (QED) is 0.250. The van der Waals surface area contributed by atoms with Gasteiger partial charge in [0.25, 0.3) is 5.91 Å². The number of primary amides is 1. The predicted molar refractivity (Wildman–Crippen MR) is 134 cm³/mol. The van der Waals surface area contributed by atoms with Crippen molar-refractivity contribution in [3.63, 3.8) is 0 Å². The molecule has 1 aromatic carbocycles. The summed E-state index contributed by atoms with van der Waals surface area (Å²) in [6.07, 6.45) is 6.69. The Hall–Kier alpha value is -3.24. The minimum absolute atomic E-state index is 0.0213. The van der Waals surface area contributed by atoms with Crippen LogP contribution in [0.5, 0.6) is 5.75 Å². The zero-order chi connectivity index (χ0) is 27.4. The van der Waals surface area contributed by atoms with Crippen molar-refractivity contribution in [2.45, 2.75) is 69.9 Å². The average Bonchev–Trinajstić information content (AvgIpc) is 3.13. The summed E-state index contributed by atoms with van der Waals surface area (Å²) in [6.45, 7) is 0.916. The molecule has 0 aliphatic heterocycles. The first-order valence-electron chi connectivity index (χ1n) is 13.3. The number of Topliss-reactive ketones (excluding diaryl/α,β-unsaturated/α-hetero) is 2. The molecule has 1 unspecified atom stereocenters. The van der Waals surface area contributed by atoms with Gasteiger partial charge in [-0.15, -0.1) is 0 Å². The molecule has 0 saturated heterocycles. The van der Waals surface area contributed by atoms with Crippen LogP contribution >= 0.6 is 0 Å². The number of nitrogens with two attached hydrogens (primary N) is 1. The molecule has 0 aromatic heterocycles. The Bertz CT molecular complexity index is 1280. The zero-order valence-electron chi connectivity index (χ0n) is 21.1. The lowest BCUT2D eigenvalue weighted by Crippen LogP contribution is -2.57. The van der Waals surface area contributed by atoms with E-state index < -0.39 is 63.6 Å². The van der Waals surface area contributed by atoms with Crippen LogP contribution in [-0.4, -0.2) is 50.0 Å². The summed E-state index contributed by atoms with van der Waals surface area (Å²) >= 11 is 0. The number of phenolic OH excluding ortho intramolecular Hbond substituents is 1. The van der Waals surface area contributed by atoms with Crippen LogP contribution < -0.4 is 11.1 Å². The molecular weight excluding hydrogens is 495 g/mol. The number of aliphatic hydroxyl groups excluding tert-OH is 2. The largest absolute Gasteiger partial charge is 0.511 e. The molecule has 5 rings (SSSR count). The van der Waals surface area contributed by atoms with Crippen molar-refractivity contribution in [2.75, 3.05) is 6.54 Å². The number of ketones is 2. The third-order valence-corrected chi connectivity index (χ3v) is 8.79. The molecule has 3 atom stereocenters. The van der Waals surface area contributed by atoms with Gasteiger partial charge in [-0.05, 0) is 50.1 Å². The van der Waals surface area contributed by atoms with Crippen LogP contribution in [0.25, 0.3) is 0 Å². The topological polar surface area (TPSA) is 170 Å². The summed E-state index contributed by atoms with van der Waals surface area (Å²) in [6, 6.07) is 1.20. The number of halogens is 1. The van der Waals surface area contributed by atoms with Crippen molar-refractivity contribution in [2.24, 2.45) is 23.5 Å². The lowest BCUT2D eigenvalue weighted by atomic mass is 9.60. The fourth-order valence-corrected chi connectivity index (χ4v) is 6.83. The number of amides is 1. The van der Waals surface area contributed by atoms with E-state index in [9.17, 15) is 34.8 Å². The molecule has 0 spiro atoms. The number of carbonyl (C=O) groups is 3. The van der Waals surface area contributed by atoms with Gasteiger partial charge in [0.05, 0.1) is 5.56 Å². The zero-order valence-corrected chi connectivity index (χ0v) is 21.1. The number of benzene rings is 1. The summed E-state index contributed by atoms with van der Waals surface area (Å²) in [5.74, 6) is -7.34. The van der Waals surface area contributed by atoms with E-state index in [0.29, 0.717) is 5.92 Å². The Labute approximate surface area is 219 Å². The molecule has 1 aromatic rings. The molecule has 204 valence electrons. The van der Waals surface area contributed by atoms with Crippen molar-refractivity contribution in [1.29, 1.82) is 0 Å². The normalized spacial score (nSPS) is 28.1. The molecule has 1 amide bonds. The van der Waals surface area contributed by atoms with Gasteiger partial charge < -0.3 is 31.5 Å². The molecule has 10 heteroatoms. The van der Waals surface area contributed by atoms with Crippen LogP contribution in [0.3, 0.4) is 0 Å². The highest BCUT2D eigenvalue weighted by Crippen LogP contribution is 2.51. The van der Waals surface area contributed by atoms with Gasteiger partial charge in [0.2, 0.25) is 5.78 Å². The fraction of sp³-hybridized carbons (Fsp3) is 0.536. The number of hydrogen-bond acceptors (Lipinski definition) is 8. The van der Waals surface area contributed by atoms with E-state index in [1.165, 1.54) is 31.7 Å². The van der Waals surface area contributed by atoms with E-state index in [1.54, 1.807) is 0 Å². The van der Waals surface area contributed by atoms with Crippen molar-refractivity contribution < 1.29 is 39.2 Å². The van der Waals surface area contributed by atoms with Gasteiger partial charge in [0.15, 0.2) is 11.4 Å². The lowest BCUT2D eigenvalue weighted by molar-refractivity contribution is -0.144. The Morgan fingerprint density at radius 3 is 2.45 bits per heavy atom. The highest BCUT2D eigenvalue weighted by atomic mass is 19.1. The molecule has 9 nitrogen and oxygen atoms in total. The van der Waals surface area contributed by atoms with Crippen molar-refractivity contribution >= 4 is 17.5 Å². The van der Waals surface area contributed by atoms with Gasteiger partial charge in [-0.1, -0.05) is 25.7 Å². The third kappa shape index (κ3) is 4.10. The number of aliphatic hydroxyl groups is 3. The monoisotopic (exact) mass is 528 g/mol. The molecule has 0 bridgehead atoms. The van der Waals surface area contributed by atoms with Crippen LogP contribution in [0, 0.1) is 23.6 Å². The Morgan fingerprint density at radius 2 is 1.79 bits per heavy atom. The summed E-state index contributed by atoms with van der Waals surface area (Å²) in [7, 11) is 0. The van der Waals surface area contributed by atoms with Gasteiger partial charge in [-0.2, -0.15) is 0 Å². The van der Waals surface area contributed by atoms with Gasteiger partial charge in [-0.25, -0.2) is 4.39 Å². The molecular formula is C28H33FN2O7. The number of carbonyl (C=O) groups excluding carboxylic acids is 3. The molecule has 0 heterocycles. The van der Waals surface area contributed by atoms with Crippen LogP contribution in [0.15, 0.2) is 28.7 Å². The van der Waals surface area contributed by atoms with E-state index in [2.05, 4.69) is 5.32 Å². The van der Waals surface area contributed by atoms with Crippen LogP contribution in [0.4, 0.5) is 4.39 Å². The number of fused-ring (bicyclic) bond motifs is 3. The van der Waals surface area contributed by atoms with Crippen molar-refractivity contribution in [1.82, 2.24) is 5.32 Å². The lowest BCUT2D eigenvalue weighted by Gasteiger charge is -2.45. The van der Waals surface area contributed by atoms with Gasteiger partial charge >= 0.3 is 0 Å². The highest BCUT2D eigenvalue weighted by molar-refractivity contribution is 6.24. The van der Waals surface area contributed by atoms with E-state index in [-0.39, 0.29) is 48.1 Å². The number of allylic oxidation sites excluding steroid dienone is 2. The maximum absolute atomic E-state index is 15.7. The number of rotatable bonds is 5. The highest BCUT2D eigenvalue weighted by Gasteiger charge is 2.59.